The van der Waals surface area contributed by atoms with Gasteiger partial charge in [-0.3, -0.25) is 0 Å². The molecule has 0 aromatic heterocycles. The van der Waals surface area contributed by atoms with Crippen LogP contribution in [0.5, 0.6) is 5.75 Å². The molecule has 0 heterocycles. The molecule has 1 aromatic rings. The quantitative estimate of drug-likeness (QED) is 0.463. The summed E-state index contributed by atoms with van der Waals surface area (Å²) in [5, 5.41) is 8.68. The van der Waals surface area contributed by atoms with Gasteiger partial charge in [0.1, 0.15) is 0 Å². The van der Waals surface area contributed by atoms with Crippen LogP contribution in [0.1, 0.15) is 5.56 Å². The molecule has 0 saturated carbocycles. The van der Waals surface area contributed by atoms with Gasteiger partial charge in [0.15, 0.2) is 17.4 Å². The molecule has 0 saturated heterocycles. The summed E-state index contributed by atoms with van der Waals surface area (Å²) in [6, 6.07) is 0. The number of aromatic hydroxyl groups is 1. The first-order valence-corrected chi connectivity index (χ1v) is 4.55. The minimum atomic E-state index is -6.94. The maximum absolute atomic E-state index is 13.4. The van der Waals surface area contributed by atoms with E-state index in [4.69, 9.17) is 5.11 Å². The topological polar surface area (TPSA) is 20.2 Å². The zero-order valence-corrected chi connectivity index (χ0v) is 9.10. The number of hydrogen-bond donors (Lipinski definition) is 1. The summed E-state index contributed by atoms with van der Waals surface area (Å²) in [5.41, 5.74) is -10.1. The van der Waals surface area contributed by atoms with Crippen LogP contribution in [0.2, 0.25) is 0 Å². The lowest BCUT2D eigenvalue weighted by Gasteiger charge is -2.31. The largest absolute Gasteiger partial charge is 0.504 e. The smallest absolute Gasteiger partial charge is 0.436 e. The molecular formula is C9HF11O. The Morgan fingerprint density at radius 1 is 0.571 bits per heavy atom. The summed E-state index contributed by atoms with van der Waals surface area (Å²) in [5.74, 6) is -15.4. The highest BCUT2D eigenvalue weighted by Crippen LogP contribution is 2.56. The number of benzene rings is 1. The number of alkyl halides is 7. The maximum Gasteiger partial charge on any atom is 0.436 e. The number of hydrogen-bond acceptors (Lipinski definition) is 1. The molecule has 120 valence electrons. The Morgan fingerprint density at radius 2 is 0.905 bits per heavy atom. The van der Waals surface area contributed by atoms with Gasteiger partial charge >= 0.3 is 18.0 Å². The van der Waals surface area contributed by atoms with Crippen molar-refractivity contribution >= 4 is 0 Å². The Bertz CT molecular complexity index is 528. The third-order valence-corrected chi connectivity index (χ3v) is 2.37. The Morgan fingerprint density at radius 3 is 1.24 bits per heavy atom. The molecule has 1 nitrogen and oxygen atoms in total. The molecule has 0 unspecified atom stereocenters. The van der Waals surface area contributed by atoms with Crippen molar-refractivity contribution in [2.45, 2.75) is 18.0 Å². The molecule has 0 bridgehead atoms. The molecule has 1 N–H and O–H groups in total. The van der Waals surface area contributed by atoms with Crippen LogP contribution in [0.3, 0.4) is 0 Å². The third-order valence-electron chi connectivity index (χ3n) is 2.37. The Labute approximate surface area is 107 Å². The zero-order chi connectivity index (χ0) is 17.0. The first-order valence-electron chi connectivity index (χ1n) is 4.55. The van der Waals surface area contributed by atoms with Crippen LogP contribution in [-0.4, -0.2) is 17.5 Å². The van der Waals surface area contributed by atoms with E-state index in [1.807, 2.05) is 0 Å². The summed E-state index contributed by atoms with van der Waals surface area (Å²) in [6.07, 6.45) is -13.9. The molecule has 0 atom stereocenters. The van der Waals surface area contributed by atoms with E-state index in [-0.39, 0.29) is 0 Å². The fourth-order valence-corrected chi connectivity index (χ4v) is 1.38. The van der Waals surface area contributed by atoms with Crippen LogP contribution < -0.4 is 0 Å². The van der Waals surface area contributed by atoms with Gasteiger partial charge in [-0.15, -0.1) is 0 Å². The van der Waals surface area contributed by atoms with Crippen molar-refractivity contribution in [2.24, 2.45) is 0 Å². The average molecular weight is 334 g/mol. The standard InChI is InChI=1S/C9HF11O/c10-2-1(6(21)5(13)4(12)3(2)11)7(14,8(15,16)17)9(18,19)20/h21H. The van der Waals surface area contributed by atoms with Crippen LogP contribution in [-0.2, 0) is 5.67 Å². The van der Waals surface area contributed by atoms with Crippen molar-refractivity contribution in [1.82, 2.24) is 0 Å². The first-order chi connectivity index (χ1) is 9.18. The molecule has 12 heteroatoms. The second kappa shape index (κ2) is 4.63. The van der Waals surface area contributed by atoms with Crippen molar-refractivity contribution in [3.63, 3.8) is 0 Å². The van der Waals surface area contributed by atoms with Crippen LogP contribution in [0.15, 0.2) is 0 Å². The second-order valence-corrected chi connectivity index (χ2v) is 3.63. The van der Waals surface area contributed by atoms with Crippen molar-refractivity contribution in [3.05, 3.63) is 28.8 Å². The number of halogens is 11. The summed E-state index contributed by atoms with van der Waals surface area (Å²) in [7, 11) is 0. The second-order valence-electron chi connectivity index (χ2n) is 3.63. The Kier molecular flexibility index (Phi) is 3.81. The molecule has 0 fully saturated rings. The lowest BCUT2D eigenvalue weighted by molar-refractivity contribution is -0.350. The van der Waals surface area contributed by atoms with Crippen LogP contribution in [0.4, 0.5) is 48.3 Å². The lowest BCUT2D eigenvalue weighted by Crippen LogP contribution is -2.51. The van der Waals surface area contributed by atoms with Crippen LogP contribution in [0.25, 0.3) is 0 Å². The van der Waals surface area contributed by atoms with Gasteiger partial charge in [0.05, 0.1) is 5.56 Å². The molecule has 1 rings (SSSR count). The minimum Gasteiger partial charge on any atom is -0.504 e. The molecule has 0 aliphatic carbocycles. The first kappa shape index (κ1) is 17.3. The van der Waals surface area contributed by atoms with E-state index in [0.29, 0.717) is 0 Å². The molecular weight excluding hydrogens is 333 g/mol. The minimum absolute atomic E-state index is 2.90. The van der Waals surface area contributed by atoms with Crippen molar-refractivity contribution in [2.75, 3.05) is 0 Å². The molecule has 21 heavy (non-hydrogen) atoms. The predicted molar refractivity (Wildman–Crippen MR) is 42.8 cm³/mol. The highest BCUT2D eigenvalue weighted by Gasteiger charge is 2.75. The summed E-state index contributed by atoms with van der Waals surface area (Å²) in [4.78, 5) is 0. The number of phenolic OH excluding ortho intramolecular Hbond substituents is 1. The Balaban J connectivity index is 3.96. The summed E-state index contributed by atoms with van der Waals surface area (Å²) >= 11 is 0. The zero-order valence-electron chi connectivity index (χ0n) is 9.10. The molecule has 0 radical (unpaired) electrons. The number of phenols is 1. The van der Waals surface area contributed by atoms with Crippen molar-refractivity contribution < 1.29 is 53.4 Å². The summed E-state index contributed by atoms with van der Waals surface area (Å²) < 4.78 is 138. The van der Waals surface area contributed by atoms with E-state index in [1.165, 1.54) is 0 Å². The van der Waals surface area contributed by atoms with Gasteiger partial charge in [-0.05, 0) is 0 Å². The molecule has 0 spiro atoms. The van der Waals surface area contributed by atoms with E-state index in [2.05, 4.69) is 0 Å². The highest BCUT2D eigenvalue weighted by molar-refractivity contribution is 5.43. The van der Waals surface area contributed by atoms with E-state index in [9.17, 15) is 48.3 Å². The van der Waals surface area contributed by atoms with E-state index in [0.717, 1.165) is 0 Å². The van der Waals surface area contributed by atoms with E-state index < -0.39 is 52.6 Å². The highest BCUT2D eigenvalue weighted by atomic mass is 19.4. The van der Waals surface area contributed by atoms with Crippen molar-refractivity contribution in [3.8, 4) is 5.75 Å². The van der Waals surface area contributed by atoms with Gasteiger partial charge in [-0.2, -0.15) is 30.7 Å². The van der Waals surface area contributed by atoms with Gasteiger partial charge in [-0.1, -0.05) is 0 Å². The van der Waals surface area contributed by atoms with Crippen LogP contribution >= 0.6 is 0 Å². The third kappa shape index (κ3) is 2.25. The van der Waals surface area contributed by atoms with Crippen molar-refractivity contribution in [1.29, 1.82) is 0 Å². The molecule has 0 amide bonds. The average Bonchev–Trinajstić information content (AvgIpc) is 2.31. The number of rotatable bonds is 1. The van der Waals surface area contributed by atoms with Gasteiger partial charge in [0.25, 0.3) is 0 Å². The van der Waals surface area contributed by atoms with Gasteiger partial charge in [0.2, 0.25) is 11.6 Å². The van der Waals surface area contributed by atoms with Gasteiger partial charge in [-0.25, -0.2) is 17.6 Å². The SMILES string of the molecule is Oc1c(F)c(F)c(F)c(F)c1C(F)(C(F)(F)F)C(F)(F)F. The van der Waals surface area contributed by atoms with E-state index in [1.54, 1.807) is 0 Å². The Hall–Kier alpha value is -1.75. The van der Waals surface area contributed by atoms with Gasteiger partial charge < -0.3 is 5.11 Å². The molecule has 0 aliphatic heterocycles. The summed E-state index contributed by atoms with van der Waals surface area (Å²) in [6.45, 7) is 0. The maximum atomic E-state index is 13.4. The fraction of sp³-hybridized carbons (Fsp3) is 0.333. The van der Waals surface area contributed by atoms with Crippen LogP contribution in [0, 0.1) is 23.3 Å². The molecule has 0 aliphatic rings. The van der Waals surface area contributed by atoms with Gasteiger partial charge in [0, 0.05) is 0 Å². The molecule has 1 aromatic carbocycles. The predicted octanol–water partition coefficient (Wildman–Crippen LogP) is 4.24. The monoisotopic (exact) mass is 334 g/mol. The fourth-order valence-electron chi connectivity index (χ4n) is 1.38. The normalized spacial score (nSPS) is 13.7. The van der Waals surface area contributed by atoms with E-state index >= 15 is 0 Å². The lowest BCUT2D eigenvalue weighted by atomic mass is 9.92.